The van der Waals surface area contributed by atoms with E-state index >= 15 is 0 Å². The molecule has 0 radical (unpaired) electrons. The summed E-state index contributed by atoms with van der Waals surface area (Å²) in [6, 6.07) is 1.77. The van der Waals surface area contributed by atoms with Crippen LogP contribution >= 0.6 is 0 Å². The van der Waals surface area contributed by atoms with Gasteiger partial charge in [0.1, 0.15) is 11.5 Å². The third-order valence-corrected chi connectivity index (χ3v) is 8.50. The van der Waals surface area contributed by atoms with Crippen LogP contribution in [0.3, 0.4) is 0 Å². The number of likely N-dealkylation sites (tertiary alicyclic amines) is 1. The average molecular weight is 389 g/mol. The van der Waals surface area contributed by atoms with E-state index in [1.807, 2.05) is 0 Å². The van der Waals surface area contributed by atoms with Gasteiger partial charge in [0, 0.05) is 24.7 Å². The summed E-state index contributed by atoms with van der Waals surface area (Å²) in [5.74, 6) is 1.94. The molecule has 0 aromatic carbocycles. The van der Waals surface area contributed by atoms with Gasteiger partial charge in [0.05, 0.1) is 5.41 Å². The molecule has 0 N–H and O–H groups in total. The molecule has 0 amide bonds. The van der Waals surface area contributed by atoms with Gasteiger partial charge >= 0.3 is 6.18 Å². The first-order valence-electron chi connectivity index (χ1n) is 9.46. The number of piperidine rings is 1. The molecular formula is C18H26F3N3OS. The molecule has 1 aromatic heterocycles. The van der Waals surface area contributed by atoms with Crippen LogP contribution in [-0.4, -0.2) is 49.9 Å². The predicted molar refractivity (Wildman–Crippen MR) is 94.3 cm³/mol. The molecule has 1 aliphatic carbocycles. The number of alkyl halides is 3. The zero-order valence-electron chi connectivity index (χ0n) is 15.1. The first kappa shape index (κ1) is 18.6. The van der Waals surface area contributed by atoms with Gasteiger partial charge in [-0.05, 0) is 57.7 Å². The molecule has 3 fully saturated rings. The van der Waals surface area contributed by atoms with Gasteiger partial charge in [0.2, 0.25) is 0 Å². The van der Waals surface area contributed by atoms with Crippen LogP contribution in [0.15, 0.2) is 6.07 Å². The lowest BCUT2D eigenvalue weighted by atomic mass is 9.78. The third kappa shape index (κ3) is 3.52. The van der Waals surface area contributed by atoms with E-state index in [9.17, 15) is 17.7 Å². The maximum atomic E-state index is 12.9. The summed E-state index contributed by atoms with van der Waals surface area (Å²) in [5.41, 5.74) is 0.281. The fourth-order valence-electron chi connectivity index (χ4n) is 5.03. The molecule has 1 aromatic rings. The van der Waals surface area contributed by atoms with Crippen LogP contribution in [0.1, 0.15) is 55.8 Å². The summed E-state index contributed by atoms with van der Waals surface area (Å²) >= 11 is -0.584. The number of nitrogens with zero attached hydrogens (tertiary/aromatic N) is 3. The van der Waals surface area contributed by atoms with E-state index in [1.54, 1.807) is 7.05 Å². The highest BCUT2D eigenvalue weighted by atomic mass is 32.2. The molecule has 1 spiro atoms. The molecular weight excluding hydrogens is 363 g/mol. The topological polar surface area (TPSA) is 44.1 Å². The largest absolute Gasteiger partial charge is 0.616 e. The maximum Gasteiger partial charge on any atom is 0.435 e. The number of halogens is 3. The molecule has 3 aliphatic rings. The van der Waals surface area contributed by atoms with E-state index in [1.165, 1.54) is 10.7 Å². The standard InChI is InChI=1S/C18H26F3N3OS/c1-23-15(10-16(22-23)18(19,20)21)13-2-4-14(5-3-13)24-8-6-17(7-9-24)11-26(25)12-17/h10,13-14H,2-9,11-12H2,1H3. The van der Waals surface area contributed by atoms with E-state index < -0.39 is 23.0 Å². The second-order valence-electron chi connectivity index (χ2n) is 8.35. The Morgan fingerprint density at radius 2 is 1.77 bits per heavy atom. The molecule has 0 bridgehead atoms. The van der Waals surface area contributed by atoms with Crippen LogP contribution in [0, 0.1) is 5.41 Å². The van der Waals surface area contributed by atoms with Gasteiger partial charge < -0.3 is 9.45 Å². The normalized spacial score (nSPS) is 30.5. The molecule has 4 nitrogen and oxygen atoms in total. The van der Waals surface area contributed by atoms with E-state index in [0.717, 1.165) is 63.1 Å². The highest BCUT2D eigenvalue weighted by Gasteiger charge is 2.50. The molecule has 146 valence electrons. The van der Waals surface area contributed by atoms with Crippen LogP contribution in [0.5, 0.6) is 0 Å². The number of rotatable bonds is 2. The zero-order valence-corrected chi connectivity index (χ0v) is 15.9. The van der Waals surface area contributed by atoms with Gasteiger partial charge in [-0.1, -0.05) is 11.2 Å². The van der Waals surface area contributed by atoms with Crippen molar-refractivity contribution in [3.63, 3.8) is 0 Å². The van der Waals surface area contributed by atoms with Gasteiger partial charge in [0.15, 0.2) is 5.69 Å². The Hall–Kier alpha value is -0.730. The number of aromatic nitrogens is 2. The van der Waals surface area contributed by atoms with Crippen LogP contribution in [0.25, 0.3) is 0 Å². The van der Waals surface area contributed by atoms with Crippen LogP contribution in [0.2, 0.25) is 0 Å². The van der Waals surface area contributed by atoms with Crippen molar-refractivity contribution in [3.05, 3.63) is 17.5 Å². The van der Waals surface area contributed by atoms with Crippen molar-refractivity contribution in [3.8, 4) is 0 Å². The van der Waals surface area contributed by atoms with E-state index in [2.05, 4.69) is 10.00 Å². The number of hydrogen-bond acceptors (Lipinski definition) is 3. The van der Waals surface area contributed by atoms with Gasteiger partial charge in [0.25, 0.3) is 0 Å². The van der Waals surface area contributed by atoms with Gasteiger partial charge in [-0.25, -0.2) is 0 Å². The first-order valence-corrected chi connectivity index (χ1v) is 10.9. The molecule has 4 rings (SSSR count). The Morgan fingerprint density at radius 1 is 1.15 bits per heavy atom. The average Bonchev–Trinajstić information content (AvgIpc) is 2.97. The van der Waals surface area contributed by atoms with Crippen molar-refractivity contribution in [2.75, 3.05) is 24.6 Å². The minimum atomic E-state index is -4.37. The van der Waals surface area contributed by atoms with E-state index in [-0.39, 0.29) is 5.92 Å². The van der Waals surface area contributed by atoms with Crippen molar-refractivity contribution in [2.24, 2.45) is 12.5 Å². The summed E-state index contributed by atoms with van der Waals surface area (Å²) in [6.07, 6.45) is 1.85. The summed E-state index contributed by atoms with van der Waals surface area (Å²) in [7, 11) is 1.61. The molecule has 2 aliphatic heterocycles. The molecule has 26 heavy (non-hydrogen) atoms. The number of hydrogen-bond donors (Lipinski definition) is 0. The molecule has 1 saturated carbocycles. The van der Waals surface area contributed by atoms with Crippen molar-refractivity contribution < 1.29 is 17.7 Å². The Balaban J connectivity index is 1.32. The first-order chi connectivity index (χ1) is 12.3. The minimum Gasteiger partial charge on any atom is -0.616 e. The molecule has 0 unspecified atom stereocenters. The van der Waals surface area contributed by atoms with Gasteiger partial charge in [-0.15, -0.1) is 0 Å². The van der Waals surface area contributed by atoms with Crippen LogP contribution in [0.4, 0.5) is 13.2 Å². The lowest BCUT2D eigenvalue weighted by molar-refractivity contribution is -0.141. The molecule has 8 heteroatoms. The lowest BCUT2D eigenvalue weighted by Gasteiger charge is -2.49. The van der Waals surface area contributed by atoms with Crippen molar-refractivity contribution in [1.29, 1.82) is 0 Å². The quantitative estimate of drug-likeness (QED) is 0.729. The second kappa shape index (κ2) is 6.71. The van der Waals surface area contributed by atoms with E-state index in [0.29, 0.717) is 17.2 Å². The van der Waals surface area contributed by atoms with Crippen molar-refractivity contribution >= 4 is 11.2 Å². The Kier molecular flexibility index (Phi) is 4.80. The SMILES string of the molecule is Cn1nc(C(F)(F)F)cc1C1CCC(N2CCC3(CC2)C[S+]([O-])C3)CC1. The van der Waals surface area contributed by atoms with Gasteiger partial charge in [-0.3, -0.25) is 4.68 Å². The molecule has 3 heterocycles. The lowest BCUT2D eigenvalue weighted by Crippen LogP contribution is -2.56. The summed E-state index contributed by atoms with van der Waals surface area (Å²) < 4.78 is 51.5. The van der Waals surface area contributed by atoms with E-state index in [4.69, 9.17) is 0 Å². The maximum absolute atomic E-state index is 12.9. The highest BCUT2D eigenvalue weighted by Crippen LogP contribution is 2.44. The monoisotopic (exact) mass is 389 g/mol. The van der Waals surface area contributed by atoms with Crippen LogP contribution in [-0.2, 0) is 24.4 Å². The summed E-state index contributed by atoms with van der Waals surface area (Å²) in [4.78, 5) is 2.56. The van der Waals surface area contributed by atoms with Crippen molar-refractivity contribution in [1.82, 2.24) is 14.7 Å². The zero-order chi connectivity index (χ0) is 18.5. The molecule has 2 saturated heterocycles. The predicted octanol–water partition coefficient (Wildman–Crippen LogP) is 3.31. The Morgan fingerprint density at radius 3 is 2.27 bits per heavy atom. The fourth-order valence-corrected chi connectivity index (χ4v) is 6.89. The van der Waals surface area contributed by atoms with Gasteiger partial charge in [-0.2, -0.15) is 18.3 Å². The Bertz CT molecular complexity index is 639. The molecule has 0 atom stereocenters. The minimum absolute atomic E-state index is 0.171. The smallest absolute Gasteiger partial charge is 0.435 e. The Labute approximate surface area is 155 Å². The number of aryl methyl sites for hydroxylation is 1. The summed E-state index contributed by atoms with van der Waals surface area (Å²) in [5, 5.41) is 3.66. The summed E-state index contributed by atoms with van der Waals surface area (Å²) in [6.45, 7) is 2.16. The van der Waals surface area contributed by atoms with Crippen molar-refractivity contribution in [2.45, 2.75) is 56.7 Å². The highest BCUT2D eigenvalue weighted by molar-refractivity contribution is 7.92. The second-order valence-corrected chi connectivity index (χ2v) is 9.80. The van der Waals surface area contributed by atoms with Crippen LogP contribution < -0.4 is 0 Å². The third-order valence-electron chi connectivity index (χ3n) is 6.63. The fraction of sp³-hybridized carbons (Fsp3) is 0.833.